The molecule has 0 saturated carbocycles. The fraction of sp³-hybridized carbons (Fsp3) is 0.529. The molecular formula is C17H25NO2. The summed E-state index contributed by atoms with van der Waals surface area (Å²) in [6.45, 7) is 8.34. The number of nitrogens with zero attached hydrogens (tertiary/aromatic N) is 1. The first kappa shape index (κ1) is 16.6. The first-order valence-electron chi connectivity index (χ1n) is 7.16. The van der Waals surface area contributed by atoms with Crippen LogP contribution in [0.15, 0.2) is 18.2 Å². The number of benzene rings is 1. The van der Waals surface area contributed by atoms with Gasteiger partial charge in [-0.2, -0.15) is 0 Å². The Kier molecular flexibility index (Phi) is 7.14. The van der Waals surface area contributed by atoms with Crippen molar-refractivity contribution < 1.29 is 9.84 Å². The summed E-state index contributed by atoms with van der Waals surface area (Å²) in [4.78, 5) is 2.42. The first-order valence-corrected chi connectivity index (χ1v) is 7.16. The second-order valence-corrected chi connectivity index (χ2v) is 4.80. The molecule has 1 aromatic carbocycles. The zero-order valence-corrected chi connectivity index (χ0v) is 12.9. The van der Waals surface area contributed by atoms with Crippen LogP contribution < -0.4 is 4.74 Å². The highest BCUT2D eigenvalue weighted by atomic mass is 16.5. The van der Waals surface area contributed by atoms with Gasteiger partial charge in [-0.3, -0.25) is 4.90 Å². The zero-order valence-electron chi connectivity index (χ0n) is 12.9. The van der Waals surface area contributed by atoms with E-state index in [-0.39, 0.29) is 6.61 Å². The molecule has 0 spiro atoms. The van der Waals surface area contributed by atoms with Gasteiger partial charge in [-0.1, -0.05) is 25.7 Å². The molecule has 0 saturated heterocycles. The van der Waals surface area contributed by atoms with Gasteiger partial charge in [0.05, 0.1) is 7.11 Å². The molecule has 3 nitrogen and oxygen atoms in total. The molecule has 3 heteroatoms. The van der Waals surface area contributed by atoms with Crippen molar-refractivity contribution in [2.24, 2.45) is 0 Å². The fourth-order valence-electron chi connectivity index (χ4n) is 2.14. The molecule has 20 heavy (non-hydrogen) atoms. The van der Waals surface area contributed by atoms with Gasteiger partial charge in [-0.05, 0) is 43.7 Å². The van der Waals surface area contributed by atoms with Crippen molar-refractivity contribution >= 4 is 0 Å². The van der Waals surface area contributed by atoms with Gasteiger partial charge in [0, 0.05) is 18.2 Å². The third-order valence-corrected chi connectivity index (χ3v) is 3.61. The monoisotopic (exact) mass is 275 g/mol. The summed E-state index contributed by atoms with van der Waals surface area (Å²) in [6.07, 6.45) is 1.12. The Balaban J connectivity index is 3.05. The number of rotatable bonds is 6. The second-order valence-electron chi connectivity index (χ2n) is 4.80. The van der Waals surface area contributed by atoms with Gasteiger partial charge in [0.25, 0.3) is 0 Å². The van der Waals surface area contributed by atoms with E-state index in [1.54, 1.807) is 7.11 Å². The third-order valence-electron chi connectivity index (χ3n) is 3.61. The molecule has 1 N–H and O–H groups in total. The van der Waals surface area contributed by atoms with Crippen LogP contribution in [0.2, 0.25) is 0 Å². The predicted octanol–water partition coefficient (Wildman–Crippen LogP) is 2.66. The van der Waals surface area contributed by atoms with Crippen LogP contribution in [0, 0.1) is 11.8 Å². The Morgan fingerprint density at radius 3 is 2.65 bits per heavy atom. The van der Waals surface area contributed by atoms with Gasteiger partial charge in [-0.15, -0.1) is 0 Å². The van der Waals surface area contributed by atoms with Crippen molar-refractivity contribution in [1.82, 2.24) is 4.90 Å². The van der Waals surface area contributed by atoms with Crippen LogP contribution in [0.25, 0.3) is 0 Å². The molecule has 0 aliphatic heterocycles. The fourth-order valence-corrected chi connectivity index (χ4v) is 2.14. The lowest BCUT2D eigenvalue weighted by Gasteiger charge is -2.27. The Labute approximate surface area is 122 Å². The Morgan fingerprint density at radius 1 is 1.35 bits per heavy atom. The summed E-state index contributed by atoms with van der Waals surface area (Å²) >= 11 is 0. The molecule has 0 bridgehead atoms. The highest BCUT2D eigenvalue weighted by Gasteiger charge is 2.13. The molecule has 0 fully saturated rings. The Morgan fingerprint density at radius 2 is 2.10 bits per heavy atom. The number of hydrogen-bond acceptors (Lipinski definition) is 3. The number of methoxy groups -OCH3 is 1. The van der Waals surface area contributed by atoms with Crippen molar-refractivity contribution in [1.29, 1.82) is 0 Å². The van der Waals surface area contributed by atoms with Crippen molar-refractivity contribution in [3.05, 3.63) is 29.3 Å². The number of aliphatic hydroxyl groups is 1. The van der Waals surface area contributed by atoms with Crippen molar-refractivity contribution in [2.45, 2.75) is 39.8 Å². The average Bonchev–Trinajstić information content (AvgIpc) is 2.50. The first-order chi connectivity index (χ1) is 9.65. The topological polar surface area (TPSA) is 32.7 Å². The van der Waals surface area contributed by atoms with Crippen LogP contribution in [-0.4, -0.2) is 36.3 Å². The van der Waals surface area contributed by atoms with Gasteiger partial charge in [0.15, 0.2) is 0 Å². The molecule has 0 heterocycles. The molecule has 0 radical (unpaired) electrons. The zero-order chi connectivity index (χ0) is 15.0. The minimum atomic E-state index is -0.117. The van der Waals surface area contributed by atoms with Crippen molar-refractivity contribution in [2.75, 3.05) is 20.3 Å². The summed E-state index contributed by atoms with van der Waals surface area (Å²) in [5.74, 6) is 6.58. The molecule has 0 aromatic heterocycles. The lowest BCUT2D eigenvalue weighted by atomic mass is 10.1. The lowest BCUT2D eigenvalue weighted by molar-refractivity contribution is 0.205. The molecule has 0 aliphatic carbocycles. The van der Waals surface area contributed by atoms with Crippen LogP contribution >= 0.6 is 0 Å². The molecule has 1 aromatic rings. The predicted molar refractivity (Wildman–Crippen MR) is 82.8 cm³/mol. The highest BCUT2D eigenvalue weighted by molar-refractivity contribution is 5.45. The summed E-state index contributed by atoms with van der Waals surface area (Å²) in [7, 11) is 1.67. The number of aliphatic hydroxyl groups excluding tert-OH is 1. The van der Waals surface area contributed by atoms with Gasteiger partial charge in [-0.25, -0.2) is 0 Å². The number of hydrogen-bond donors (Lipinski definition) is 1. The Bertz CT molecular complexity index is 474. The van der Waals surface area contributed by atoms with Gasteiger partial charge >= 0.3 is 0 Å². The normalized spacial score (nSPS) is 11.9. The van der Waals surface area contributed by atoms with E-state index in [1.807, 2.05) is 18.2 Å². The molecule has 1 rings (SSSR count). The van der Waals surface area contributed by atoms with Crippen LogP contribution in [0.3, 0.4) is 0 Å². The maximum atomic E-state index is 8.86. The van der Waals surface area contributed by atoms with Crippen LogP contribution in [0.5, 0.6) is 5.75 Å². The van der Waals surface area contributed by atoms with E-state index in [0.29, 0.717) is 6.04 Å². The molecule has 110 valence electrons. The maximum Gasteiger partial charge on any atom is 0.119 e. The molecule has 0 amide bonds. The van der Waals surface area contributed by atoms with Crippen LogP contribution in [-0.2, 0) is 6.54 Å². The van der Waals surface area contributed by atoms with E-state index in [1.165, 1.54) is 0 Å². The summed E-state index contributed by atoms with van der Waals surface area (Å²) in [6, 6.07) is 6.43. The van der Waals surface area contributed by atoms with E-state index < -0.39 is 0 Å². The van der Waals surface area contributed by atoms with Gasteiger partial charge in [0.2, 0.25) is 0 Å². The quantitative estimate of drug-likeness (QED) is 0.810. The molecule has 1 unspecified atom stereocenters. The maximum absolute atomic E-state index is 8.86. The van der Waals surface area contributed by atoms with Gasteiger partial charge in [0.1, 0.15) is 12.4 Å². The molecule has 0 aliphatic rings. The third kappa shape index (κ3) is 4.56. The van der Waals surface area contributed by atoms with Crippen LogP contribution in [0.4, 0.5) is 0 Å². The smallest absolute Gasteiger partial charge is 0.119 e. The Hall–Kier alpha value is -1.50. The largest absolute Gasteiger partial charge is 0.497 e. The van der Waals surface area contributed by atoms with Gasteiger partial charge < -0.3 is 9.84 Å². The average molecular weight is 275 g/mol. The SMILES string of the molecule is CCC(C)N(CC)Cc1cc(OC)ccc1C#CCO. The van der Waals surface area contributed by atoms with E-state index in [9.17, 15) is 0 Å². The van der Waals surface area contributed by atoms with E-state index in [2.05, 4.69) is 37.5 Å². The van der Waals surface area contributed by atoms with E-state index in [0.717, 1.165) is 36.4 Å². The molecule has 1 atom stereocenters. The second kappa shape index (κ2) is 8.63. The van der Waals surface area contributed by atoms with Crippen LogP contribution in [0.1, 0.15) is 38.3 Å². The highest BCUT2D eigenvalue weighted by Crippen LogP contribution is 2.20. The van der Waals surface area contributed by atoms with E-state index in [4.69, 9.17) is 9.84 Å². The standard InChI is InChI=1S/C17H25NO2/c1-5-14(3)18(6-2)13-16-12-17(20-4)10-9-15(16)8-7-11-19/h9-10,12,14,19H,5-6,11,13H2,1-4H3. The number of ether oxygens (including phenoxy) is 1. The minimum Gasteiger partial charge on any atom is -0.497 e. The summed E-state index contributed by atoms with van der Waals surface area (Å²) in [5, 5.41) is 8.86. The summed E-state index contributed by atoms with van der Waals surface area (Å²) < 4.78 is 5.30. The summed E-state index contributed by atoms with van der Waals surface area (Å²) in [5.41, 5.74) is 2.11. The van der Waals surface area contributed by atoms with Crippen molar-refractivity contribution in [3.8, 4) is 17.6 Å². The minimum absolute atomic E-state index is 0.117. The lowest BCUT2D eigenvalue weighted by Crippen LogP contribution is -2.32. The molecular weight excluding hydrogens is 250 g/mol. The van der Waals surface area contributed by atoms with Crippen molar-refractivity contribution in [3.63, 3.8) is 0 Å². The van der Waals surface area contributed by atoms with E-state index >= 15 is 0 Å².